The number of benzene rings is 1. The quantitative estimate of drug-likeness (QED) is 0.513. The summed E-state index contributed by atoms with van der Waals surface area (Å²) >= 11 is 7.23. The molecule has 0 radical (unpaired) electrons. The van der Waals surface area contributed by atoms with Crippen LogP contribution in [0.5, 0.6) is 0 Å². The SMILES string of the molecule is CNC1=C[C@@H](c2nc3c(F)cccc3s2)N(C(=O)/C(=C/N)C(Cl)=NCC(F)F)CC1. The van der Waals surface area contributed by atoms with Crippen molar-refractivity contribution in [1.29, 1.82) is 0 Å². The number of nitrogens with zero attached hydrogens (tertiary/aromatic N) is 3. The normalized spacial score (nSPS) is 18.1. The molecule has 2 aromatic rings. The lowest BCUT2D eigenvalue weighted by Crippen LogP contribution is -2.40. The van der Waals surface area contributed by atoms with Gasteiger partial charge in [-0.05, 0) is 18.2 Å². The number of aliphatic imine (C=N–C) groups is 1. The number of amides is 1. The molecule has 2 heterocycles. The second-order valence-electron chi connectivity index (χ2n) is 6.38. The molecule has 0 aliphatic carbocycles. The van der Waals surface area contributed by atoms with E-state index >= 15 is 0 Å². The van der Waals surface area contributed by atoms with Crippen molar-refractivity contribution in [3.8, 4) is 0 Å². The number of alkyl halides is 2. The van der Waals surface area contributed by atoms with Crippen LogP contribution in [-0.2, 0) is 4.79 Å². The number of carbonyl (C=O) groups is 1. The molecule has 1 atom stereocenters. The summed E-state index contributed by atoms with van der Waals surface area (Å²) in [7, 11) is 1.76. The van der Waals surface area contributed by atoms with Crippen molar-refractivity contribution in [2.75, 3.05) is 20.1 Å². The Morgan fingerprint density at radius 1 is 1.53 bits per heavy atom. The lowest BCUT2D eigenvalue weighted by Gasteiger charge is -2.33. The number of halogens is 4. The van der Waals surface area contributed by atoms with E-state index in [1.807, 2.05) is 6.08 Å². The van der Waals surface area contributed by atoms with Gasteiger partial charge in [0, 0.05) is 31.9 Å². The summed E-state index contributed by atoms with van der Waals surface area (Å²) in [5.74, 6) is -1.03. The molecule has 0 unspecified atom stereocenters. The molecule has 11 heteroatoms. The Morgan fingerprint density at radius 3 is 2.93 bits per heavy atom. The molecule has 0 bridgehead atoms. The third-order valence-corrected chi connectivity index (χ3v) is 5.94. The maximum atomic E-state index is 14.1. The van der Waals surface area contributed by atoms with Gasteiger partial charge in [-0.2, -0.15) is 0 Å². The van der Waals surface area contributed by atoms with E-state index in [1.165, 1.54) is 22.3 Å². The Kier molecular flexibility index (Phi) is 6.99. The predicted molar refractivity (Wildman–Crippen MR) is 112 cm³/mol. The van der Waals surface area contributed by atoms with E-state index in [-0.39, 0.29) is 16.3 Å². The Morgan fingerprint density at radius 2 is 2.30 bits per heavy atom. The van der Waals surface area contributed by atoms with Crippen molar-refractivity contribution in [3.05, 3.63) is 52.6 Å². The van der Waals surface area contributed by atoms with Crippen LogP contribution in [0, 0.1) is 5.82 Å². The molecule has 0 saturated heterocycles. The van der Waals surface area contributed by atoms with Gasteiger partial charge in [0.25, 0.3) is 12.3 Å². The molecule has 1 aliphatic heterocycles. The molecule has 3 N–H and O–H groups in total. The van der Waals surface area contributed by atoms with Gasteiger partial charge in [-0.3, -0.25) is 9.79 Å². The van der Waals surface area contributed by atoms with Gasteiger partial charge in [0.2, 0.25) is 0 Å². The van der Waals surface area contributed by atoms with E-state index in [9.17, 15) is 18.0 Å². The van der Waals surface area contributed by atoms with Gasteiger partial charge in [-0.1, -0.05) is 17.7 Å². The van der Waals surface area contributed by atoms with E-state index in [4.69, 9.17) is 17.3 Å². The molecule has 0 spiro atoms. The van der Waals surface area contributed by atoms with Crippen molar-refractivity contribution in [2.45, 2.75) is 18.9 Å². The maximum Gasteiger partial charge on any atom is 0.259 e. The maximum absolute atomic E-state index is 14.1. The first-order valence-electron chi connectivity index (χ1n) is 9.00. The molecule has 160 valence electrons. The van der Waals surface area contributed by atoms with Crippen LogP contribution >= 0.6 is 22.9 Å². The molecule has 1 aromatic carbocycles. The van der Waals surface area contributed by atoms with E-state index in [0.29, 0.717) is 22.7 Å². The van der Waals surface area contributed by atoms with Crippen molar-refractivity contribution in [1.82, 2.24) is 15.2 Å². The first-order valence-corrected chi connectivity index (χ1v) is 10.2. The van der Waals surface area contributed by atoms with Gasteiger partial charge in [0.15, 0.2) is 0 Å². The highest BCUT2D eigenvalue weighted by Crippen LogP contribution is 2.35. The Hall–Kier alpha value is -2.59. The molecule has 0 fully saturated rings. The van der Waals surface area contributed by atoms with Crippen molar-refractivity contribution >= 4 is 44.2 Å². The molecule has 1 amide bonds. The fraction of sp³-hybridized carbons (Fsp3) is 0.316. The van der Waals surface area contributed by atoms with E-state index in [0.717, 1.165) is 11.9 Å². The third kappa shape index (κ3) is 4.59. The first-order chi connectivity index (χ1) is 14.3. The Bertz CT molecular complexity index is 1040. The summed E-state index contributed by atoms with van der Waals surface area (Å²) in [6.45, 7) is -0.543. The number of hydrogen-bond acceptors (Lipinski definition) is 6. The standard InChI is InChI=1S/C19H19ClF3N5OS/c1-25-10-5-6-28(19(29)11(8-24)17(20)26-9-15(22)23)13(7-10)18-27-16-12(21)3-2-4-14(16)30-18/h2-4,7-8,13,15,25H,5-6,9,24H2,1H3/b11-8+,26-17?/t13-/m0/s1. The average molecular weight is 458 g/mol. The summed E-state index contributed by atoms with van der Waals surface area (Å²) in [4.78, 5) is 22.5. The summed E-state index contributed by atoms with van der Waals surface area (Å²) in [5, 5.41) is 3.18. The van der Waals surface area contributed by atoms with Crippen LogP contribution in [0.2, 0.25) is 0 Å². The summed E-state index contributed by atoms with van der Waals surface area (Å²) in [5.41, 5.74) is 6.48. The van der Waals surface area contributed by atoms with Crippen LogP contribution in [0.15, 0.2) is 46.7 Å². The molecule has 1 aliphatic rings. The first kappa shape index (κ1) is 22.1. The molecule has 1 aromatic heterocycles. The van der Waals surface area contributed by atoms with Gasteiger partial charge in [-0.15, -0.1) is 11.3 Å². The van der Waals surface area contributed by atoms with E-state index in [2.05, 4.69) is 15.3 Å². The molecule has 30 heavy (non-hydrogen) atoms. The van der Waals surface area contributed by atoms with Crippen molar-refractivity contribution in [2.24, 2.45) is 10.7 Å². The monoisotopic (exact) mass is 457 g/mol. The van der Waals surface area contributed by atoms with Gasteiger partial charge in [0.05, 0.1) is 10.3 Å². The van der Waals surface area contributed by atoms with Crippen LogP contribution in [0.3, 0.4) is 0 Å². The highest BCUT2D eigenvalue weighted by atomic mass is 35.5. The van der Waals surface area contributed by atoms with E-state index in [1.54, 1.807) is 19.2 Å². The van der Waals surface area contributed by atoms with E-state index < -0.39 is 30.7 Å². The molecular formula is C19H19ClF3N5OS. The van der Waals surface area contributed by atoms with Crippen LogP contribution in [-0.4, -0.2) is 47.5 Å². The highest BCUT2D eigenvalue weighted by Gasteiger charge is 2.33. The topological polar surface area (TPSA) is 83.6 Å². The highest BCUT2D eigenvalue weighted by molar-refractivity contribution is 7.18. The number of nitrogens with one attached hydrogen (secondary N) is 1. The second kappa shape index (κ2) is 9.48. The van der Waals surface area contributed by atoms with Crippen LogP contribution in [0.4, 0.5) is 13.2 Å². The summed E-state index contributed by atoms with van der Waals surface area (Å²) in [6, 6.07) is 4.04. The lowest BCUT2D eigenvalue weighted by atomic mass is 10.1. The third-order valence-electron chi connectivity index (χ3n) is 4.53. The zero-order chi connectivity index (χ0) is 21.8. The predicted octanol–water partition coefficient (Wildman–Crippen LogP) is 3.56. The largest absolute Gasteiger partial charge is 0.404 e. The lowest BCUT2D eigenvalue weighted by molar-refractivity contribution is -0.128. The number of thiazole rings is 1. The number of carbonyl (C=O) groups excluding carboxylic acids is 1. The average Bonchev–Trinajstić information content (AvgIpc) is 3.18. The molecule has 0 saturated carbocycles. The van der Waals surface area contributed by atoms with Gasteiger partial charge in [0.1, 0.15) is 34.1 Å². The number of para-hydroxylation sites is 1. The summed E-state index contributed by atoms with van der Waals surface area (Å²) < 4.78 is 39.7. The Balaban J connectivity index is 1.99. The number of fused-ring (bicyclic) bond motifs is 1. The number of nitrogens with two attached hydrogens (primary N) is 1. The number of aromatic nitrogens is 1. The minimum atomic E-state index is -2.70. The van der Waals surface area contributed by atoms with Crippen LogP contribution < -0.4 is 11.1 Å². The molecule has 6 nitrogen and oxygen atoms in total. The molecule has 3 rings (SSSR count). The van der Waals surface area contributed by atoms with Crippen molar-refractivity contribution < 1.29 is 18.0 Å². The van der Waals surface area contributed by atoms with Gasteiger partial charge in [-0.25, -0.2) is 18.2 Å². The smallest absolute Gasteiger partial charge is 0.259 e. The minimum absolute atomic E-state index is 0.184. The second-order valence-corrected chi connectivity index (χ2v) is 7.80. The van der Waals surface area contributed by atoms with Crippen LogP contribution in [0.25, 0.3) is 10.2 Å². The fourth-order valence-electron chi connectivity index (χ4n) is 3.06. The number of rotatable bonds is 6. The van der Waals surface area contributed by atoms with Crippen molar-refractivity contribution in [3.63, 3.8) is 0 Å². The number of hydrogen-bond donors (Lipinski definition) is 2. The van der Waals surface area contributed by atoms with Gasteiger partial charge < -0.3 is 16.0 Å². The minimum Gasteiger partial charge on any atom is -0.404 e. The van der Waals surface area contributed by atoms with Gasteiger partial charge >= 0.3 is 0 Å². The summed E-state index contributed by atoms with van der Waals surface area (Å²) in [6.07, 6.45) is 0.595. The molecular weight excluding hydrogens is 439 g/mol. The Labute approximate surface area is 179 Å². The fourth-order valence-corrected chi connectivity index (χ4v) is 4.34. The zero-order valence-corrected chi connectivity index (χ0v) is 17.5. The van der Waals surface area contributed by atoms with Crippen LogP contribution in [0.1, 0.15) is 17.5 Å². The zero-order valence-electron chi connectivity index (χ0n) is 15.9.